The van der Waals surface area contributed by atoms with E-state index in [1.165, 1.54) is 0 Å². The Morgan fingerprint density at radius 3 is 2.53 bits per heavy atom. The molecule has 0 fully saturated rings. The van der Waals surface area contributed by atoms with Crippen molar-refractivity contribution in [3.05, 3.63) is 48.4 Å². The van der Waals surface area contributed by atoms with Gasteiger partial charge in [-0.25, -0.2) is 0 Å². The summed E-state index contributed by atoms with van der Waals surface area (Å²) in [7, 11) is 1.65. The van der Waals surface area contributed by atoms with Crippen molar-refractivity contribution in [1.29, 1.82) is 0 Å². The molecule has 1 aromatic heterocycles. The van der Waals surface area contributed by atoms with E-state index in [-0.39, 0.29) is 6.04 Å². The van der Waals surface area contributed by atoms with Crippen LogP contribution in [0.15, 0.2) is 47.1 Å². The van der Waals surface area contributed by atoms with Crippen LogP contribution in [0, 0.1) is 0 Å². The zero-order valence-electron chi connectivity index (χ0n) is 11.3. The second-order valence-electron chi connectivity index (χ2n) is 4.22. The number of hydrogen-bond acceptors (Lipinski definition) is 4. The van der Waals surface area contributed by atoms with E-state index in [0.717, 1.165) is 23.8 Å². The van der Waals surface area contributed by atoms with Gasteiger partial charge in [0, 0.05) is 6.54 Å². The fraction of sp³-hybridized carbons (Fsp3) is 0.333. The number of hydrogen-bond donors (Lipinski definition) is 1. The van der Waals surface area contributed by atoms with E-state index in [9.17, 15) is 0 Å². The zero-order chi connectivity index (χ0) is 13.5. The molecule has 1 aromatic carbocycles. The first kappa shape index (κ1) is 13.5. The molecular formula is C15H19NO3. The van der Waals surface area contributed by atoms with Crippen molar-refractivity contribution in [2.24, 2.45) is 0 Å². The van der Waals surface area contributed by atoms with Crippen LogP contribution in [-0.4, -0.2) is 20.3 Å². The molecule has 1 heterocycles. The summed E-state index contributed by atoms with van der Waals surface area (Å²) in [5.74, 6) is 2.61. The molecule has 0 spiro atoms. The molecule has 2 aromatic rings. The standard InChI is InChI=1S/C15H19NO3/c1-12(15-4-3-10-19-15)16-9-11-18-14-7-5-13(17-2)6-8-14/h3-8,10,12,16H,9,11H2,1-2H3/t12-/m0/s1. The molecule has 0 unspecified atom stereocenters. The molecule has 0 saturated heterocycles. The molecule has 0 aliphatic carbocycles. The van der Waals surface area contributed by atoms with Gasteiger partial charge in [0.25, 0.3) is 0 Å². The van der Waals surface area contributed by atoms with Gasteiger partial charge in [-0.3, -0.25) is 0 Å². The molecule has 0 radical (unpaired) electrons. The molecule has 102 valence electrons. The average Bonchev–Trinajstić information content (AvgIpc) is 2.98. The second kappa shape index (κ2) is 6.85. The summed E-state index contributed by atoms with van der Waals surface area (Å²) in [5.41, 5.74) is 0. The number of furan rings is 1. The fourth-order valence-electron chi connectivity index (χ4n) is 1.75. The van der Waals surface area contributed by atoms with E-state index >= 15 is 0 Å². The number of rotatable bonds is 7. The summed E-state index contributed by atoms with van der Waals surface area (Å²) in [5, 5.41) is 3.33. The van der Waals surface area contributed by atoms with E-state index in [4.69, 9.17) is 13.9 Å². The van der Waals surface area contributed by atoms with Crippen LogP contribution in [0.4, 0.5) is 0 Å². The van der Waals surface area contributed by atoms with Crippen LogP contribution in [0.1, 0.15) is 18.7 Å². The van der Waals surface area contributed by atoms with Gasteiger partial charge in [-0.2, -0.15) is 0 Å². The van der Waals surface area contributed by atoms with Crippen LogP contribution in [0.5, 0.6) is 11.5 Å². The number of ether oxygens (including phenoxy) is 2. The average molecular weight is 261 g/mol. The van der Waals surface area contributed by atoms with Crippen molar-refractivity contribution in [3.8, 4) is 11.5 Å². The highest BCUT2D eigenvalue weighted by Crippen LogP contribution is 2.17. The maximum absolute atomic E-state index is 5.62. The van der Waals surface area contributed by atoms with Crippen molar-refractivity contribution in [2.45, 2.75) is 13.0 Å². The third-order valence-corrected chi connectivity index (χ3v) is 2.85. The molecule has 1 atom stereocenters. The molecule has 2 rings (SSSR count). The van der Waals surface area contributed by atoms with Gasteiger partial charge in [-0.05, 0) is 43.3 Å². The summed E-state index contributed by atoms with van der Waals surface area (Å²) in [4.78, 5) is 0. The predicted molar refractivity (Wildman–Crippen MR) is 73.6 cm³/mol. The molecule has 0 saturated carbocycles. The van der Waals surface area contributed by atoms with Gasteiger partial charge >= 0.3 is 0 Å². The highest BCUT2D eigenvalue weighted by molar-refractivity contribution is 5.31. The summed E-state index contributed by atoms with van der Waals surface area (Å²) >= 11 is 0. The topological polar surface area (TPSA) is 43.6 Å². The van der Waals surface area contributed by atoms with Gasteiger partial charge < -0.3 is 19.2 Å². The third-order valence-electron chi connectivity index (χ3n) is 2.85. The fourth-order valence-corrected chi connectivity index (χ4v) is 1.75. The van der Waals surface area contributed by atoms with Crippen molar-refractivity contribution in [2.75, 3.05) is 20.3 Å². The molecular weight excluding hydrogens is 242 g/mol. The Morgan fingerprint density at radius 1 is 1.16 bits per heavy atom. The van der Waals surface area contributed by atoms with E-state index in [2.05, 4.69) is 12.2 Å². The maximum Gasteiger partial charge on any atom is 0.120 e. The lowest BCUT2D eigenvalue weighted by Crippen LogP contribution is -2.24. The molecule has 19 heavy (non-hydrogen) atoms. The van der Waals surface area contributed by atoms with Gasteiger partial charge in [0.15, 0.2) is 0 Å². The highest BCUT2D eigenvalue weighted by atomic mass is 16.5. The summed E-state index contributed by atoms with van der Waals surface area (Å²) < 4.78 is 16.0. The van der Waals surface area contributed by atoms with Crippen molar-refractivity contribution in [1.82, 2.24) is 5.32 Å². The van der Waals surface area contributed by atoms with Crippen molar-refractivity contribution >= 4 is 0 Å². The Labute approximate surface area is 113 Å². The normalized spacial score (nSPS) is 12.1. The monoisotopic (exact) mass is 261 g/mol. The van der Waals surface area contributed by atoms with Gasteiger partial charge in [-0.1, -0.05) is 0 Å². The van der Waals surface area contributed by atoms with Crippen LogP contribution in [0.25, 0.3) is 0 Å². The van der Waals surface area contributed by atoms with Crippen LogP contribution >= 0.6 is 0 Å². The molecule has 0 aliphatic rings. The molecule has 4 nitrogen and oxygen atoms in total. The van der Waals surface area contributed by atoms with Crippen molar-refractivity contribution in [3.63, 3.8) is 0 Å². The van der Waals surface area contributed by atoms with Gasteiger partial charge in [0.05, 0.1) is 19.4 Å². The minimum atomic E-state index is 0.189. The van der Waals surface area contributed by atoms with Gasteiger partial charge in [0.1, 0.15) is 23.9 Å². The van der Waals surface area contributed by atoms with Gasteiger partial charge in [-0.15, -0.1) is 0 Å². The quantitative estimate of drug-likeness (QED) is 0.778. The minimum absolute atomic E-state index is 0.189. The van der Waals surface area contributed by atoms with E-state index in [1.54, 1.807) is 13.4 Å². The molecule has 0 bridgehead atoms. The molecule has 0 aliphatic heterocycles. The summed E-state index contributed by atoms with van der Waals surface area (Å²) in [6.45, 7) is 3.43. The first-order chi connectivity index (χ1) is 9.29. The molecule has 0 amide bonds. The highest BCUT2D eigenvalue weighted by Gasteiger charge is 2.06. The van der Waals surface area contributed by atoms with E-state index in [0.29, 0.717) is 6.61 Å². The van der Waals surface area contributed by atoms with Crippen LogP contribution in [0.2, 0.25) is 0 Å². The van der Waals surface area contributed by atoms with Crippen LogP contribution in [-0.2, 0) is 0 Å². The smallest absolute Gasteiger partial charge is 0.120 e. The number of nitrogens with one attached hydrogen (secondary N) is 1. The van der Waals surface area contributed by atoms with E-state index < -0.39 is 0 Å². The lowest BCUT2D eigenvalue weighted by atomic mass is 10.2. The summed E-state index contributed by atoms with van der Waals surface area (Å²) in [6, 6.07) is 11.6. The summed E-state index contributed by atoms with van der Waals surface area (Å²) in [6.07, 6.45) is 1.68. The Bertz CT molecular complexity index is 465. The molecule has 1 N–H and O–H groups in total. The van der Waals surface area contributed by atoms with Crippen molar-refractivity contribution < 1.29 is 13.9 Å². The third kappa shape index (κ3) is 4.03. The predicted octanol–water partition coefficient (Wildman–Crippen LogP) is 3.02. The zero-order valence-corrected chi connectivity index (χ0v) is 11.3. The SMILES string of the molecule is COc1ccc(OCCN[C@@H](C)c2ccco2)cc1. The Kier molecular flexibility index (Phi) is 4.86. The molecule has 4 heteroatoms. The van der Waals surface area contributed by atoms with Crippen LogP contribution < -0.4 is 14.8 Å². The largest absolute Gasteiger partial charge is 0.497 e. The maximum atomic E-state index is 5.62. The first-order valence-corrected chi connectivity index (χ1v) is 6.33. The second-order valence-corrected chi connectivity index (χ2v) is 4.22. The number of methoxy groups -OCH3 is 1. The lowest BCUT2D eigenvalue weighted by molar-refractivity contribution is 0.301. The van der Waals surface area contributed by atoms with Crippen LogP contribution in [0.3, 0.4) is 0 Å². The van der Waals surface area contributed by atoms with Gasteiger partial charge in [0.2, 0.25) is 0 Å². The minimum Gasteiger partial charge on any atom is -0.497 e. The van der Waals surface area contributed by atoms with E-state index in [1.807, 2.05) is 36.4 Å². The Morgan fingerprint density at radius 2 is 1.89 bits per heavy atom. The Balaban J connectivity index is 1.68. The first-order valence-electron chi connectivity index (χ1n) is 6.33. The number of benzene rings is 1. The lowest BCUT2D eigenvalue weighted by Gasteiger charge is -2.12. The Hall–Kier alpha value is -1.94.